The number of nitrogens with two attached hydrogens (primary N) is 2. The first-order valence-corrected chi connectivity index (χ1v) is 10.6. The molecule has 5 atom stereocenters. The van der Waals surface area contributed by atoms with Crippen LogP contribution in [0.5, 0.6) is 5.75 Å². The number of phenolic OH excluding ortho intramolecular Hbond substituents is 1. The Morgan fingerprint density at radius 2 is 1.51 bits per heavy atom. The average Bonchev–Trinajstić information content (AvgIpc) is 2.79. The standard InChI is InChI=1S/C21H31N5O9/c1-10(28)17(26-18(31)13(22)9-27)20(33)24-14(6-7-16(23)30)19(32)25-15(21(34)35)8-11-2-4-12(29)5-3-11/h2-5,10,13-15,17,27-29H,6-9,22H2,1H3,(H2,23,30)(H,24,33)(H,25,32)(H,26,31)(H,34,35). The normalized spacial score (nSPS) is 15.1. The summed E-state index contributed by atoms with van der Waals surface area (Å²) in [4.78, 5) is 60.4. The first-order chi connectivity index (χ1) is 16.3. The van der Waals surface area contributed by atoms with Crippen LogP contribution in [0.3, 0.4) is 0 Å². The molecule has 0 bridgehead atoms. The Kier molecular flexibility index (Phi) is 11.6. The Bertz CT molecular complexity index is 907. The fourth-order valence-electron chi connectivity index (χ4n) is 2.91. The number of amides is 4. The van der Waals surface area contributed by atoms with Crippen LogP contribution in [0.2, 0.25) is 0 Å². The highest BCUT2D eigenvalue weighted by Crippen LogP contribution is 2.12. The number of hydrogen-bond acceptors (Lipinski definition) is 9. The van der Waals surface area contributed by atoms with Crippen molar-refractivity contribution in [3.05, 3.63) is 29.8 Å². The summed E-state index contributed by atoms with van der Waals surface area (Å²) in [6.45, 7) is 0.465. The van der Waals surface area contributed by atoms with Gasteiger partial charge in [0, 0.05) is 12.8 Å². The molecule has 0 saturated carbocycles. The summed E-state index contributed by atoms with van der Waals surface area (Å²) in [5, 5.41) is 44.5. The number of aliphatic hydroxyl groups excluding tert-OH is 2. The largest absolute Gasteiger partial charge is 0.508 e. The maximum Gasteiger partial charge on any atom is 0.326 e. The van der Waals surface area contributed by atoms with E-state index < -0.39 is 66.5 Å². The summed E-state index contributed by atoms with van der Waals surface area (Å²) in [7, 11) is 0. The van der Waals surface area contributed by atoms with E-state index in [1.54, 1.807) is 0 Å². The van der Waals surface area contributed by atoms with Gasteiger partial charge in [0.15, 0.2) is 0 Å². The molecule has 14 heteroatoms. The number of hydrogen-bond donors (Lipinski definition) is 9. The molecule has 0 aliphatic heterocycles. The fourth-order valence-corrected chi connectivity index (χ4v) is 2.91. The first kappa shape index (κ1) is 29.3. The lowest BCUT2D eigenvalue weighted by Gasteiger charge is -2.26. The third-order valence-corrected chi connectivity index (χ3v) is 4.90. The predicted octanol–water partition coefficient (Wildman–Crippen LogP) is -3.56. The van der Waals surface area contributed by atoms with Gasteiger partial charge in [0.1, 0.15) is 29.9 Å². The molecule has 35 heavy (non-hydrogen) atoms. The molecule has 1 aromatic rings. The first-order valence-electron chi connectivity index (χ1n) is 10.6. The van der Waals surface area contributed by atoms with E-state index in [4.69, 9.17) is 16.6 Å². The van der Waals surface area contributed by atoms with Crippen LogP contribution in [0.15, 0.2) is 24.3 Å². The van der Waals surface area contributed by atoms with Crippen molar-refractivity contribution in [2.75, 3.05) is 6.61 Å². The summed E-state index contributed by atoms with van der Waals surface area (Å²) in [5.74, 6) is -5.10. The Balaban J connectivity index is 3.02. The number of carbonyl (C=O) groups is 5. The lowest BCUT2D eigenvalue weighted by atomic mass is 10.0. The number of nitrogens with one attached hydrogen (secondary N) is 3. The summed E-state index contributed by atoms with van der Waals surface area (Å²) < 4.78 is 0. The maximum absolute atomic E-state index is 12.8. The number of phenols is 1. The van der Waals surface area contributed by atoms with Crippen molar-refractivity contribution >= 4 is 29.6 Å². The van der Waals surface area contributed by atoms with Gasteiger partial charge in [-0.2, -0.15) is 0 Å². The number of rotatable bonds is 14. The van der Waals surface area contributed by atoms with Gasteiger partial charge in [0.2, 0.25) is 23.6 Å². The van der Waals surface area contributed by atoms with Crippen LogP contribution >= 0.6 is 0 Å². The average molecular weight is 498 g/mol. The number of aliphatic hydroxyl groups is 2. The van der Waals surface area contributed by atoms with Crippen molar-refractivity contribution < 1.29 is 44.4 Å². The van der Waals surface area contributed by atoms with Crippen LogP contribution in [0.25, 0.3) is 0 Å². The van der Waals surface area contributed by atoms with E-state index in [0.29, 0.717) is 5.56 Å². The highest BCUT2D eigenvalue weighted by molar-refractivity contribution is 5.94. The van der Waals surface area contributed by atoms with Gasteiger partial charge < -0.3 is 47.8 Å². The molecule has 4 amide bonds. The predicted molar refractivity (Wildman–Crippen MR) is 120 cm³/mol. The molecule has 0 saturated heterocycles. The minimum Gasteiger partial charge on any atom is -0.508 e. The smallest absolute Gasteiger partial charge is 0.326 e. The lowest BCUT2D eigenvalue weighted by Crippen LogP contribution is -2.60. The molecule has 0 radical (unpaired) electrons. The van der Waals surface area contributed by atoms with Gasteiger partial charge in [-0.25, -0.2) is 4.79 Å². The van der Waals surface area contributed by atoms with Crippen LogP contribution in [0.1, 0.15) is 25.3 Å². The molecule has 5 unspecified atom stereocenters. The van der Waals surface area contributed by atoms with Gasteiger partial charge in [-0.3, -0.25) is 19.2 Å². The zero-order chi connectivity index (χ0) is 26.7. The lowest BCUT2D eigenvalue weighted by molar-refractivity contribution is -0.142. The van der Waals surface area contributed by atoms with Crippen LogP contribution in [0.4, 0.5) is 0 Å². The molecule has 1 rings (SSSR count). The maximum atomic E-state index is 12.8. The van der Waals surface area contributed by atoms with E-state index in [9.17, 15) is 39.3 Å². The number of benzene rings is 1. The van der Waals surface area contributed by atoms with Crippen molar-refractivity contribution in [2.24, 2.45) is 11.5 Å². The topological polar surface area (TPSA) is 254 Å². The van der Waals surface area contributed by atoms with E-state index in [-0.39, 0.29) is 25.0 Å². The van der Waals surface area contributed by atoms with Crippen LogP contribution in [-0.2, 0) is 30.4 Å². The molecule has 194 valence electrons. The van der Waals surface area contributed by atoms with Gasteiger partial charge >= 0.3 is 5.97 Å². The van der Waals surface area contributed by atoms with E-state index in [2.05, 4.69) is 16.0 Å². The summed E-state index contributed by atoms with van der Waals surface area (Å²) in [6, 6.07) is -0.173. The van der Waals surface area contributed by atoms with Gasteiger partial charge in [-0.1, -0.05) is 12.1 Å². The molecule has 14 nitrogen and oxygen atoms in total. The van der Waals surface area contributed by atoms with E-state index >= 15 is 0 Å². The highest BCUT2D eigenvalue weighted by atomic mass is 16.4. The number of aromatic hydroxyl groups is 1. The fraction of sp³-hybridized carbons (Fsp3) is 0.476. The number of carboxylic acid groups (broad SMARTS) is 1. The van der Waals surface area contributed by atoms with Gasteiger partial charge in [0.05, 0.1) is 12.7 Å². The minimum absolute atomic E-state index is 0.0291. The van der Waals surface area contributed by atoms with Crippen LogP contribution in [0, 0.1) is 0 Å². The molecular formula is C21H31N5O9. The molecule has 0 aliphatic carbocycles. The molecule has 0 fully saturated rings. The number of carboxylic acids is 1. The van der Waals surface area contributed by atoms with Gasteiger partial charge in [0.25, 0.3) is 0 Å². The van der Waals surface area contributed by atoms with Crippen LogP contribution < -0.4 is 27.4 Å². The molecule has 1 aromatic carbocycles. The van der Waals surface area contributed by atoms with Gasteiger partial charge in [-0.05, 0) is 31.0 Å². The third-order valence-electron chi connectivity index (χ3n) is 4.90. The quantitative estimate of drug-likeness (QED) is 0.122. The number of aliphatic carboxylic acids is 1. The van der Waals surface area contributed by atoms with Crippen LogP contribution in [-0.4, -0.2) is 86.9 Å². The molecule has 0 aliphatic rings. The van der Waals surface area contributed by atoms with E-state index in [1.165, 1.54) is 31.2 Å². The Morgan fingerprint density at radius 3 is 2.00 bits per heavy atom. The van der Waals surface area contributed by atoms with E-state index in [1.807, 2.05) is 0 Å². The number of primary amides is 1. The molecule has 11 N–H and O–H groups in total. The molecule has 0 spiro atoms. The van der Waals surface area contributed by atoms with Crippen molar-refractivity contribution in [3.8, 4) is 5.75 Å². The third kappa shape index (κ3) is 9.95. The molecule has 0 aromatic heterocycles. The van der Waals surface area contributed by atoms with Crippen molar-refractivity contribution in [2.45, 2.75) is 56.5 Å². The van der Waals surface area contributed by atoms with Gasteiger partial charge in [-0.15, -0.1) is 0 Å². The monoisotopic (exact) mass is 497 g/mol. The zero-order valence-electron chi connectivity index (χ0n) is 19.0. The highest BCUT2D eigenvalue weighted by Gasteiger charge is 2.32. The van der Waals surface area contributed by atoms with E-state index in [0.717, 1.165) is 0 Å². The second kappa shape index (κ2) is 13.8. The Hall–Kier alpha value is -3.75. The molecule has 0 heterocycles. The summed E-state index contributed by atoms with van der Waals surface area (Å²) in [6.07, 6.45) is -2.22. The Morgan fingerprint density at radius 1 is 0.943 bits per heavy atom. The number of carbonyl (C=O) groups excluding carboxylic acids is 4. The SMILES string of the molecule is CC(O)C(NC(=O)C(N)CO)C(=O)NC(CCC(N)=O)C(=O)NC(Cc1ccc(O)cc1)C(=O)O. The Labute approximate surface area is 200 Å². The second-order valence-electron chi connectivity index (χ2n) is 7.85. The van der Waals surface area contributed by atoms with Crippen molar-refractivity contribution in [1.29, 1.82) is 0 Å². The van der Waals surface area contributed by atoms with Crippen molar-refractivity contribution in [1.82, 2.24) is 16.0 Å². The zero-order valence-corrected chi connectivity index (χ0v) is 19.0. The summed E-state index contributed by atoms with van der Waals surface area (Å²) in [5.41, 5.74) is 11.0. The van der Waals surface area contributed by atoms with Crippen molar-refractivity contribution in [3.63, 3.8) is 0 Å². The summed E-state index contributed by atoms with van der Waals surface area (Å²) >= 11 is 0. The second-order valence-corrected chi connectivity index (χ2v) is 7.85. The molecular weight excluding hydrogens is 466 g/mol. The minimum atomic E-state index is -1.57.